The minimum atomic E-state index is -0.407. The van der Waals surface area contributed by atoms with E-state index in [1.165, 1.54) is 0 Å². The van der Waals surface area contributed by atoms with Crippen molar-refractivity contribution in [1.29, 1.82) is 0 Å². The number of hydrogen-bond donors (Lipinski definition) is 0. The molecule has 104 valence electrons. The van der Waals surface area contributed by atoms with Crippen LogP contribution in [0.25, 0.3) is 0 Å². The highest BCUT2D eigenvalue weighted by molar-refractivity contribution is 5.77. The van der Waals surface area contributed by atoms with E-state index in [1.807, 2.05) is 13.8 Å². The maximum atomic E-state index is 11.7. The van der Waals surface area contributed by atoms with E-state index in [2.05, 4.69) is 6.92 Å². The van der Waals surface area contributed by atoms with Gasteiger partial charge in [-0.1, -0.05) is 33.6 Å². The number of carbonyl (C=O) groups is 2. The van der Waals surface area contributed by atoms with Gasteiger partial charge in [-0.25, -0.2) is 0 Å². The van der Waals surface area contributed by atoms with Crippen molar-refractivity contribution in [3.05, 3.63) is 0 Å². The van der Waals surface area contributed by atoms with Crippen molar-refractivity contribution in [2.75, 3.05) is 0 Å². The first-order valence-corrected chi connectivity index (χ1v) is 6.85. The molecule has 0 aliphatic carbocycles. The Morgan fingerprint density at radius 2 is 2.11 bits per heavy atom. The van der Waals surface area contributed by atoms with Crippen molar-refractivity contribution in [2.24, 2.45) is 11.8 Å². The van der Waals surface area contributed by atoms with Gasteiger partial charge < -0.3 is 9.47 Å². The van der Waals surface area contributed by atoms with Gasteiger partial charge in [0.25, 0.3) is 0 Å². The van der Waals surface area contributed by atoms with Gasteiger partial charge in [-0.3, -0.25) is 9.59 Å². The quantitative estimate of drug-likeness (QED) is 0.686. The van der Waals surface area contributed by atoms with Gasteiger partial charge in [0, 0.05) is 6.42 Å². The monoisotopic (exact) mass is 256 g/mol. The molecule has 0 aromatic heterocycles. The second kappa shape index (κ2) is 6.76. The summed E-state index contributed by atoms with van der Waals surface area (Å²) in [6.07, 6.45) is 2.36. The maximum Gasteiger partial charge on any atom is 0.313 e. The van der Waals surface area contributed by atoms with E-state index in [1.54, 1.807) is 6.92 Å². The lowest BCUT2D eigenvalue weighted by molar-refractivity contribution is -0.154. The lowest BCUT2D eigenvalue weighted by Gasteiger charge is -2.19. The lowest BCUT2D eigenvalue weighted by atomic mass is 9.95. The molecule has 1 aliphatic heterocycles. The highest BCUT2D eigenvalue weighted by atomic mass is 16.6. The van der Waals surface area contributed by atoms with Gasteiger partial charge in [-0.05, 0) is 19.3 Å². The van der Waals surface area contributed by atoms with Crippen LogP contribution in [0.15, 0.2) is 0 Å². The van der Waals surface area contributed by atoms with Crippen LogP contribution < -0.4 is 0 Å². The van der Waals surface area contributed by atoms with Gasteiger partial charge >= 0.3 is 11.9 Å². The Labute approximate surface area is 109 Å². The summed E-state index contributed by atoms with van der Waals surface area (Å²) in [5.74, 6) is -0.476. The third-order valence-electron chi connectivity index (χ3n) is 3.18. The molecule has 0 spiro atoms. The van der Waals surface area contributed by atoms with E-state index in [0.29, 0.717) is 6.42 Å². The summed E-state index contributed by atoms with van der Waals surface area (Å²) in [6, 6.07) is 0. The smallest absolute Gasteiger partial charge is 0.313 e. The molecule has 0 aromatic rings. The first-order chi connectivity index (χ1) is 8.45. The number of carbonyl (C=O) groups excluding carboxylic acids is 2. The van der Waals surface area contributed by atoms with E-state index < -0.39 is 6.10 Å². The SMILES string of the molecule is CCCC[C@@H]1C(=O)O[C@@H](C)[C@H]1OC(=O)CC(C)C. The molecule has 4 nitrogen and oxygen atoms in total. The Morgan fingerprint density at radius 1 is 1.44 bits per heavy atom. The van der Waals surface area contributed by atoms with Gasteiger partial charge in [-0.2, -0.15) is 0 Å². The third-order valence-corrected chi connectivity index (χ3v) is 3.18. The van der Waals surface area contributed by atoms with Crippen molar-refractivity contribution in [1.82, 2.24) is 0 Å². The van der Waals surface area contributed by atoms with Gasteiger partial charge in [-0.15, -0.1) is 0 Å². The Morgan fingerprint density at radius 3 is 2.67 bits per heavy atom. The predicted molar refractivity (Wildman–Crippen MR) is 67.9 cm³/mol. The summed E-state index contributed by atoms with van der Waals surface area (Å²) < 4.78 is 10.6. The summed E-state index contributed by atoms with van der Waals surface area (Å²) in [5, 5.41) is 0. The Balaban J connectivity index is 2.59. The molecule has 1 heterocycles. The molecule has 1 aliphatic rings. The number of hydrogen-bond acceptors (Lipinski definition) is 4. The Bertz CT molecular complexity index is 298. The van der Waals surface area contributed by atoms with E-state index in [0.717, 1.165) is 19.3 Å². The number of esters is 2. The standard InChI is InChI=1S/C14H24O4/c1-5-6-7-11-13(10(4)17-14(11)16)18-12(15)8-9(2)3/h9-11,13H,5-8H2,1-4H3/t10-,11-,13+/m0/s1. The van der Waals surface area contributed by atoms with E-state index >= 15 is 0 Å². The van der Waals surface area contributed by atoms with Crippen molar-refractivity contribution in [3.63, 3.8) is 0 Å². The number of unbranched alkanes of at least 4 members (excludes halogenated alkanes) is 1. The van der Waals surface area contributed by atoms with Crippen LogP contribution in [0.2, 0.25) is 0 Å². The second-order valence-electron chi connectivity index (χ2n) is 5.44. The molecule has 0 unspecified atom stereocenters. The highest BCUT2D eigenvalue weighted by Gasteiger charge is 2.44. The number of rotatable bonds is 6. The predicted octanol–water partition coefficient (Wildman–Crippen LogP) is 2.70. The fraction of sp³-hybridized carbons (Fsp3) is 0.857. The summed E-state index contributed by atoms with van der Waals surface area (Å²) in [4.78, 5) is 23.4. The number of ether oxygens (including phenoxy) is 2. The first-order valence-electron chi connectivity index (χ1n) is 6.85. The van der Waals surface area contributed by atoms with Gasteiger partial charge in [0.05, 0.1) is 5.92 Å². The van der Waals surface area contributed by atoms with Crippen molar-refractivity contribution >= 4 is 11.9 Å². The summed E-state index contributed by atoms with van der Waals surface area (Å²) in [5.41, 5.74) is 0. The van der Waals surface area contributed by atoms with E-state index in [-0.39, 0.29) is 29.9 Å². The second-order valence-corrected chi connectivity index (χ2v) is 5.44. The minimum Gasteiger partial charge on any atom is -0.458 e. The van der Waals surface area contributed by atoms with Crippen LogP contribution in [-0.2, 0) is 19.1 Å². The average Bonchev–Trinajstić information content (AvgIpc) is 2.50. The maximum absolute atomic E-state index is 11.7. The Hall–Kier alpha value is -1.06. The molecule has 0 bridgehead atoms. The van der Waals surface area contributed by atoms with Crippen LogP contribution in [0.4, 0.5) is 0 Å². The molecule has 3 atom stereocenters. The average molecular weight is 256 g/mol. The fourth-order valence-electron chi connectivity index (χ4n) is 2.22. The zero-order valence-corrected chi connectivity index (χ0v) is 11.8. The van der Waals surface area contributed by atoms with E-state index in [4.69, 9.17) is 9.47 Å². The molecule has 1 rings (SSSR count). The van der Waals surface area contributed by atoms with Crippen LogP contribution in [0.5, 0.6) is 0 Å². The normalized spacial score (nSPS) is 27.4. The summed E-state index contributed by atoms with van der Waals surface area (Å²) in [7, 11) is 0. The third kappa shape index (κ3) is 4.00. The number of cyclic esters (lactones) is 1. The summed E-state index contributed by atoms with van der Waals surface area (Å²) >= 11 is 0. The van der Waals surface area contributed by atoms with Gasteiger partial charge in [0.1, 0.15) is 6.10 Å². The Kier molecular flexibility index (Phi) is 5.63. The van der Waals surface area contributed by atoms with Gasteiger partial charge in [0.15, 0.2) is 6.10 Å². The lowest BCUT2D eigenvalue weighted by Crippen LogP contribution is -2.31. The van der Waals surface area contributed by atoms with Crippen LogP contribution >= 0.6 is 0 Å². The van der Waals surface area contributed by atoms with Crippen LogP contribution in [-0.4, -0.2) is 24.1 Å². The molecule has 0 saturated carbocycles. The molecule has 18 heavy (non-hydrogen) atoms. The molecule has 0 amide bonds. The topological polar surface area (TPSA) is 52.6 Å². The molecule has 1 saturated heterocycles. The first kappa shape index (κ1) is 15.0. The largest absolute Gasteiger partial charge is 0.458 e. The van der Waals surface area contributed by atoms with Crippen LogP contribution in [0, 0.1) is 11.8 Å². The molecular weight excluding hydrogens is 232 g/mol. The summed E-state index contributed by atoms with van der Waals surface area (Å²) in [6.45, 7) is 7.80. The molecule has 0 radical (unpaired) electrons. The van der Waals surface area contributed by atoms with Crippen LogP contribution in [0.1, 0.15) is 53.4 Å². The zero-order chi connectivity index (χ0) is 13.7. The molecular formula is C14H24O4. The zero-order valence-electron chi connectivity index (χ0n) is 11.8. The molecule has 0 aromatic carbocycles. The molecule has 1 fully saturated rings. The minimum absolute atomic E-state index is 0.224. The van der Waals surface area contributed by atoms with Crippen LogP contribution in [0.3, 0.4) is 0 Å². The highest BCUT2D eigenvalue weighted by Crippen LogP contribution is 2.29. The molecule has 0 N–H and O–H groups in total. The molecule has 4 heteroatoms. The van der Waals surface area contributed by atoms with Crippen molar-refractivity contribution in [3.8, 4) is 0 Å². The van der Waals surface area contributed by atoms with Crippen molar-refractivity contribution in [2.45, 2.75) is 65.6 Å². The van der Waals surface area contributed by atoms with E-state index in [9.17, 15) is 9.59 Å². The van der Waals surface area contributed by atoms with Crippen molar-refractivity contribution < 1.29 is 19.1 Å². The van der Waals surface area contributed by atoms with Gasteiger partial charge in [0.2, 0.25) is 0 Å². The fourth-order valence-corrected chi connectivity index (χ4v) is 2.22.